The topological polar surface area (TPSA) is 66.9 Å². The minimum absolute atomic E-state index is 0.0730. The standard InChI is InChI=1S/C10H14N4O/c15-10(7-11-6-8-3-4-8)13-9-2-1-5-12-14-9/h1-2,5,8,11H,3-4,6-7H2,(H,13,14,15). The summed E-state index contributed by atoms with van der Waals surface area (Å²) in [7, 11) is 0. The van der Waals surface area contributed by atoms with Gasteiger partial charge in [-0.1, -0.05) is 0 Å². The Hall–Kier alpha value is -1.49. The molecule has 5 heteroatoms. The first-order valence-electron chi connectivity index (χ1n) is 5.13. The summed E-state index contributed by atoms with van der Waals surface area (Å²) in [6.45, 7) is 1.28. The molecule has 1 aromatic rings. The lowest BCUT2D eigenvalue weighted by molar-refractivity contribution is -0.115. The van der Waals surface area contributed by atoms with Crippen molar-refractivity contribution in [3.63, 3.8) is 0 Å². The van der Waals surface area contributed by atoms with Gasteiger partial charge in [-0.2, -0.15) is 5.10 Å². The largest absolute Gasteiger partial charge is 0.308 e. The molecule has 1 aliphatic carbocycles. The number of rotatable bonds is 5. The average Bonchev–Trinajstić information content (AvgIpc) is 3.03. The van der Waals surface area contributed by atoms with Crippen LogP contribution in [0.1, 0.15) is 12.8 Å². The predicted molar refractivity (Wildman–Crippen MR) is 56.3 cm³/mol. The summed E-state index contributed by atoms with van der Waals surface area (Å²) in [6.07, 6.45) is 4.15. The number of anilines is 1. The van der Waals surface area contributed by atoms with Crippen LogP contribution in [0.15, 0.2) is 18.3 Å². The van der Waals surface area contributed by atoms with Crippen molar-refractivity contribution in [1.29, 1.82) is 0 Å². The Bertz CT molecular complexity index is 323. The number of hydrogen-bond acceptors (Lipinski definition) is 4. The van der Waals surface area contributed by atoms with E-state index in [1.165, 1.54) is 12.8 Å². The molecule has 1 aliphatic rings. The Kier molecular flexibility index (Phi) is 3.24. The van der Waals surface area contributed by atoms with Crippen molar-refractivity contribution in [2.45, 2.75) is 12.8 Å². The molecule has 0 radical (unpaired) electrons. The maximum atomic E-state index is 11.4. The van der Waals surface area contributed by atoms with Gasteiger partial charge < -0.3 is 10.6 Å². The maximum Gasteiger partial charge on any atom is 0.239 e. The second-order valence-electron chi connectivity index (χ2n) is 3.73. The van der Waals surface area contributed by atoms with Crippen molar-refractivity contribution in [3.05, 3.63) is 18.3 Å². The molecule has 1 heterocycles. The molecule has 2 rings (SSSR count). The smallest absolute Gasteiger partial charge is 0.239 e. The molecule has 0 spiro atoms. The molecular formula is C10H14N4O. The highest BCUT2D eigenvalue weighted by Crippen LogP contribution is 2.27. The van der Waals surface area contributed by atoms with E-state index in [4.69, 9.17) is 0 Å². The van der Waals surface area contributed by atoms with Crippen LogP contribution in [0.4, 0.5) is 5.82 Å². The van der Waals surface area contributed by atoms with E-state index < -0.39 is 0 Å². The lowest BCUT2D eigenvalue weighted by atomic mass is 10.4. The predicted octanol–water partition coefficient (Wildman–Crippen LogP) is 0.415. The summed E-state index contributed by atoms with van der Waals surface area (Å²) >= 11 is 0. The first kappa shape index (κ1) is 10.0. The number of amides is 1. The SMILES string of the molecule is O=C(CNCC1CC1)Nc1cccnn1. The van der Waals surface area contributed by atoms with Crippen LogP contribution in [0.25, 0.3) is 0 Å². The van der Waals surface area contributed by atoms with Gasteiger partial charge in [0, 0.05) is 6.20 Å². The number of carbonyl (C=O) groups is 1. The molecule has 0 aliphatic heterocycles. The van der Waals surface area contributed by atoms with E-state index in [1.54, 1.807) is 18.3 Å². The van der Waals surface area contributed by atoms with Gasteiger partial charge in [-0.25, -0.2) is 0 Å². The number of carbonyl (C=O) groups excluding carboxylic acids is 1. The van der Waals surface area contributed by atoms with E-state index >= 15 is 0 Å². The molecule has 0 saturated heterocycles. The number of aromatic nitrogens is 2. The molecular weight excluding hydrogens is 192 g/mol. The van der Waals surface area contributed by atoms with E-state index in [-0.39, 0.29) is 5.91 Å². The Morgan fingerprint density at radius 3 is 3.07 bits per heavy atom. The lowest BCUT2D eigenvalue weighted by Gasteiger charge is -2.04. The third kappa shape index (κ3) is 3.63. The molecule has 0 aromatic carbocycles. The van der Waals surface area contributed by atoms with Gasteiger partial charge in [-0.15, -0.1) is 5.10 Å². The fourth-order valence-corrected chi connectivity index (χ4v) is 1.27. The fraction of sp³-hybridized carbons (Fsp3) is 0.500. The third-order valence-electron chi connectivity index (χ3n) is 2.26. The van der Waals surface area contributed by atoms with Crippen LogP contribution in [-0.2, 0) is 4.79 Å². The third-order valence-corrected chi connectivity index (χ3v) is 2.26. The minimum atomic E-state index is -0.0730. The molecule has 2 N–H and O–H groups in total. The van der Waals surface area contributed by atoms with Gasteiger partial charge in [-0.05, 0) is 37.4 Å². The zero-order valence-corrected chi connectivity index (χ0v) is 8.44. The van der Waals surface area contributed by atoms with Crippen molar-refractivity contribution in [1.82, 2.24) is 15.5 Å². The van der Waals surface area contributed by atoms with Crippen LogP contribution in [-0.4, -0.2) is 29.2 Å². The molecule has 1 aromatic heterocycles. The van der Waals surface area contributed by atoms with Crippen LogP contribution in [0, 0.1) is 5.92 Å². The highest BCUT2D eigenvalue weighted by atomic mass is 16.2. The van der Waals surface area contributed by atoms with Gasteiger partial charge in [0.2, 0.25) is 5.91 Å². The quantitative estimate of drug-likeness (QED) is 0.732. The first-order chi connectivity index (χ1) is 7.34. The zero-order chi connectivity index (χ0) is 10.5. The van der Waals surface area contributed by atoms with Crippen molar-refractivity contribution in [2.75, 3.05) is 18.4 Å². The van der Waals surface area contributed by atoms with E-state index in [9.17, 15) is 4.79 Å². The number of nitrogens with zero attached hydrogens (tertiary/aromatic N) is 2. The second-order valence-corrected chi connectivity index (χ2v) is 3.73. The molecule has 1 amide bonds. The molecule has 0 atom stereocenters. The van der Waals surface area contributed by atoms with E-state index in [2.05, 4.69) is 20.8 Å². The molecule has 15 heavy (non-hydrogen) atoms. The van der Waals surface area contributed by atoms with E-state index in [0.717, 1.165) is 12.5 Å². The average molecular weight is 206 g/mol. The van der Waals surface area contributed by atoms with Crippen molar-refractivity contribution >= 4 is 11.7 Å². The van der Waals surface area contributed by atoms with Crippen LogP contribution in [0.5, 0.6) is 0 Å². The van der Waals surface area contributed by atoms with Crippen LogP contribution < -0.4 is 10.6 Å². The summed E-state index contributed by atoms with van der Waals surface area (Å²) in [6, 6.07) is 3.45. The van der Waals surface area contributed by atoms with Crippen molar-refractivity contribution in [2.24, 2.45) is 5.92 Å². The molecule has 0 unspecified atom stereocenters. The Balaban J connectivity index is 1.67. The normalized spacial score (nSPS) is 14.9. The Morgan fingerprint density at radius 1 is 1.53 bits per heavy atom. The summed E-state index contributed by atoms with van der Waals surface area (Å²) < 4.78 is 0. The van der Waals surface area contributed by atoms with Gasteiger partial charge in [0.05, 0.1) is 6.54 Å². The van der Waals surface area contributed by atoms with Gasteiger partial charge >= 0.3 is 0 Å². The van der Waals surface area contributed by atoms with Gasteiger partial charge in [-0.3, -0.25) is 4.79 Å². The van der Waals surface area contributed by atoms with Crippen molar-refractivity contribution in [3.8, 4) is 0 Å². The monoisotopic (exact) mass is 206 g/mol. The van der Waals surface area contributed by atoms with E-state index in [0.29, 0.717) is 12.4 Å². The summed E-state index contributed by atoms with van der Waals surface area (Å²) in [5.74, 6) is 1.21. The second kappa shape index (κ2) is 4.84. The fourth-order valence-electron chi connectivity index (χ4n) is 1.27. The maximum absolute atomic E-state index is 11.4. The number of nitrogens with one attached hydrogen (secondary N) is 2. The minimum Gasteiger partial charge on any atom is -0.308 e. The molecule has 80 valence electrons. The highest BCUT2D eigenvalue weighted by Gasteiger charge is 2.20. The molecule has 1 saturated carbocycles. The van der Waals surface area contributed by atoms with Crippen molar-refractivity contribution < 1.29 is 4.79 Å². The zero-order valence-electron chi connectivity index (χ0n) is 8.44. The van der Waals surface area contributed by atoms with Crippen LogP contribution in [0.2, 0.25) is 0 Å². The van der Waals surface area contributed by atoms with Gasteiger partial charge in [0.1, 0.15) is 0 Å². The van der Waals surface area contributed by atoms with E-state index in [1.807, 2.05) is 0 Å². The summed E-state index contributed by atoms with van der Waals surface area (Å²) in [4.78, 5) is 11.4. The summed E-state index contributed by atoms with van der Waals surface area (Å²) in [5, 5.41) is 13.2. The highest BCUT2D eigenvalue weighted by molar-refractivity contribution is 5.91. The van der Waals surface area contributed by atoms with Crippen LogP contribution >= 0.6 is 0 Å². The number of hydrogen-bond donors (Lipinski definition) is 2. The Labute approximate surface area is 88.3 Å². The van der Waals surface area contributed by atoms with Gasteiger partial charge in [0.25, 0.3) is 0 Å². The molecule has 5 nitrogen and oxygen atoms in total. The molecule has 0 bridgehead atoms. The van der Waals surface area contributed by atoms with Crippen LogP contribution in [0.3, 0.4) is 0 Å². The van der Waals surface area contributed by atoms with Gasteiger partial charge in [0.15, 0.2) is 5.82 Å². The molecule has 1 fully saturated rings. The first-order valence-corrected chi connectivity index (χ1v) is 5.13. The lowest BCUT2D eigenvalue weighted by Crippen LogP contribution is -2.29. The Morgan fingerprint density at radius 2 is 2.40 bits per heavy atom. The summed E-state index contributed by atoms with van der Waals surface area (Å²) in [5.41, 5.74) is 0.